The lowest BCUT2D eigenvalue weighted by molar-refractivity contribution is -0.238. The van der Waals surface area contributed by atoms with Gasteiger partial charge in [0.1, 0.15) is 10.8 Å². The number of nitrogens with one attached hydrogen (secondary N) is 1. The number of aliphatic hydroxyl groups is 1. The molecule has 37 heavy (non-hydrogen) atoms. The van der Waals surface area contributed by atoms with Crippen LogP contribution in [0.5, 0.6) is 0 Å². The molecular weight excluding hydrogens is 474 g/mol. The van der Waals surface area contributed by atoms with Gasteiger partial charge in [-0.2, -0.15) is 0 Å². The van der Waals surface area contributed by atoms with E-state index < -0.39 is 41.0 Å². The van der Waals surface area contributed by atoms with Gasteiger partial charge in [-0.15, -0.1) is 0 Å². The number of likely N-dealkylation sites (tertiary alicyclic amines) is 1. The van der Waals surface area contributed by atoms with Gasteiger partial charge < -0.3 is 19.9 Å². The second-order valence-electron chi connectivity index (χ2n) is 9.38. The highest BCUT2D eigenvalue weighted by atomic mass is 16.5. The molecule has 0 radical (unpaired) electrons. The van der Waals surface area contributed by atoms with Crippen LogP contribution < -0.4 is 5.32 Å². The van der Waals surface area contributed by atoms with Crippen molar-refractivity contribution >= 4 is 11.9 Å². The van der Waals surface area contributed by atoms with E-state index in [2.05, 4.69) is 20.3 Å². The molecule has 4 atom stereocenters. The summed E-state index contributed by atoms with van der Waals surface area (Å²) < 4.78 is 10.6. The fourth-order valence-electron chi connectivity index (χ4n) is 6.14. The second kappa shape index (κ2) is 9.97. The highest BCUT2D eigenvalue weighted by molar-refractivity contribution is 5.86. The third kappa shape index (κ3) is 3.79. The number of ether oxygens (including phenoxy) is 2. The number of hydrogen-bond donors (Lipinski definition) is 2. The van der Waals surface area contributed by atoms with Crippen LogP contribution >= 0.6 is 0 Å². The van der Waals surface area contributed by atoms with Gasteiger partial charge in [-0.1, -0.05) is 18.2 Å². The van der Waals surface area contributed by atoms with E-state index in [1.165, 1.54) is 14.2 Å². The summed E-state index contributed by atoms with van der Waals surface area (Å²) in [6.07, 6.45) is 3.49. The molecule has 0 amide bonds. The Kier molecular flexibility index (Phi) is 6.72. The van der Waals surface area contributed by atoms with Crippen LogP contribution in [-0.4, -0.2) is 70.3 Å². The summed E-state index contributed by atoms with van der Waals surface area (Å²) in [5.41, 5.74) is -1.37. The maximum atomic E-state index is 13.7. The molecule has 0 spiro atoms. The summed E-state index contributed by atoms with van der Waals surface area (Å²) in [4.78, 5) is 43.2. The Labute approximate surface area is 214 Å². The molecule has 10 heteroatoms. The maximum absolute atomic E-state index is 13.7. The van der Waals surface area contributed by atoms with Crippen molar-refractivity contribution in [2.45, 2.75) is 24.7 Å². The zero-order chi connectivity index (χ0) is 26.0. The number of rotatable bonds is 6. The van der Waals surface area contributed by atoms with Crippen LogP contribution in [0.15, 0.2) is 73.2 Å². The van der Waals surface area contributed by atoms with Gasteiger partial charge in [0, 0.05) is 38.2 Å². The van der Waals surface area contributed by atoms with Crippen molar-refractivity contribution in [2.24, 2.45) is 10.8 Å². The van der Waals surface area contributed by atoms with E-state index in [-0.39, 0.29) is 19.6 Å². The molecular formula is C27H29N5O5. The highest BCUT2D eigenvalue weighted by Crippen LogP contribution is 2.61. The van der Waals surface area contributed by atoms with Crippen LogP contribution in [-0.2, 0) is 25.6 Å². The predicted molar refractivity (Wildman–Crippen MR) is 132 cm³/mol. The number of pyridine rings is 3. The normalized spacial score (nSPS) is 29.3. The molecule has 10 nitrogen and oxygen atoms in total. The SMILES string of the molecule is COC(=O)C12CNCC(C(=O)OC)(C(c3ccccn3)N(Cc3ccccn3)C1c1ccccn1)C2O. The summed E-state index contributed by atoms with van der Waals surface area (Å²) in [5.74, 6) is -1.30. The first-order valence-corrected chi connectivity index (χ1v) is 12.0. The van der Waals surface area contributed by atoms with Gasteiger partial charge in [0.05, 0.1) is 49.5 Å². The van der Waals surface area contributed by atoms with Crippen molar-refractivity contribution in [2.75, 3.05) is 27.3 Å². The Bertz CT molecular complexity index is 1170. The minimum absolute atomic E-state index is 0.0640. The topological polar surface area (TPSA) is 127 Å². The molecule has 5 rings (SSSR count). The third-order valence-corrected chi connectivity index (χ3v) is 7.59. The first-order valence-electron chi connectivity index (χ1n) is 12.0. The van der Waals surface area contributed by atoms with Gasteiger partial charge in [0.25, 0.3) is 0 Å². The molecule has 192 valence electrons. The van der Waals surface area contributed by atoms with E-state index in [0.717, 1.165) is 0 Å². The number of fused-ring (bicyclic) bond motifs is 2. The number of aliphatic hydroxyl groups excluding tert-OH is 1. The fourth-order valence-corrected chi connectivity index (χ4v) is 6.14. The molecule has 2 aliphatic heterocycles. The summed E-state index contributed by atoms with van der Waals surface area (Å²) in [5, 5.41) is 15.5. The van der Waals surface area contributed by atoms with E-state index >= 15 is 0 Å². The number of esters is 2. The average molecular weight is 504 g/mol. The smallest absolute Gasteiger partial charge is 0.317 e. The monoisotopic (exact) mass is 503 g/mol. The van der Waals surface area contributed by atoms with Gasteiger partial charge in [-0.3, -0.25) is 29.4 Å². The summed E-state index contributed by atoms with van der Waals surface area (Å²) in [6, 6.07) is 14.8. The highest BCUT2D eigenvalue weighted by Gasteiger charge is 2.74. The van der Waals surface area contributed by atoms with Crippen LogP contribution in [0.4, 0.5) is 0 Å². The lowest BCUT2D eigenvalue weighted by atomic mass is 9.53. The van der Waals surface area contributed by atoms with Gasteiger partial charge in [-0.25, -0.2) is 0 Å². The van der Waals surface area contributed by atoms with Gasteiger partial charge in [-0.05, 0) is 36.4 Å². The fraction of sp³-hybridized carbons (Fsp3) is 0.370. The molecule has 2 fully saturated rings. The van der Waals surface area contributed by atoms with Crippen molar-refractivity contribution in [3.8, 4) is 0 Å². The van der Waals surface area contributed by atoms with Crippen LogP contribution in [0, 0.1) is 10.8 Å². The van der Waals surface area contributed by atoms with Crippen molar-refractivity contribution < 1.29 is 24.2 Å². The minimum atomic E-state index is -1.59. The lowest BCUT2D eigenvalue weighted by Crippen LogP contribution is -2.77. The van der Waals surface area contributed by atoms with E-state index in [4.69, 9.17) is 9.47 Å². The number of carbonyl (C=O) groups is 2. The van der Waals surface area contributed by atoms with E-state index in [1.54, 1.807) is 30.7 Å². The molecule has 0 aromatic carbocycles. The molecule has 2 aliphatic rings. The Hall–Kier alpha value is -3.73. The number of methoxy groups -OCH3 is 2. The molecule has 2 N–H and O–H groups in total. The Morgan fingerprint density at radius 3 is 1.76 bits per heavy atom. The molecule has 4 unspecified atom stereocenters. The van der Waals surface area contributed by atoms with Gasteiger partial charge >= 0.3 is 11.9 Å². The number of aromatic nitrogens is 3. The lowest BCUT2D eigenvalue weighted by Gasteiger charge is -2.63. The van der Waals surface area contributed by atoms with E-state index in [1.807, 2.05) is 47.4 Å². The van der Waals surface area contributed by atoms with Crippen molar-refractivity contribution in [1.82, 2.24) is 25.2 Å². The van der Waals surface area contributed by atoms with Gasteiger partial charge in [0.15, 0.2) is 0 Å². The first kappa shape index (κ1) is 24.9. The van der Waals surface area contributed by atoms with Crippen molar-refractivity contribution in [3.63, 3.8) is 0 Å². The van der Waals surface area contributed by atoms with E-state index in [0.29, 0.717) is 17.1 Å². The number of nitrogens with zero attached hydrogens (tertiary/aromatic N) is 4. The van der Waals surface area contributed by atoms with Crippen LogP contribution in [0.3, 0.4) is 0 Å². The zero-order valence-corrected chi connectivity index (χ0v) is 20.7. The van der Waals surface area contributed by atoms with Crippen LogP contribution in [0.1, 0.15) is 29.2 Å². The molecule has 3 aromatic heterocycles. The third-order valence-electron chi connectivity index (χ3n) is 7.59. The van der Waals surface area contributed by atoms with Gasteiger partial charge in [0.2, 0.25) is 0 Å². The Balaban J connectivity index is 1.84. The predicted octanol–water partition coefficient (Wildman–Crippen LogP) is 1.45. The molecule has 0 saturated carbocycles. The van der Waals surface area contributed by atoms with Crippen LogP contribution in [0.2, 0.25) is 0 Å². The second-order valence-corrected chi connectivity index (χ2v) is 9.38. The number of piperidine rings is 2. The first-order chi connectivity index (χ1) is 18.0. The summed E-state index contributed by atoms with van der Waals surface area (Å²) in [6.45, 7) is 0.372. The summed E-state index contributed by atoms with van der Waals surface area (Å²) in [7, 11) is 2.56. The Morgan fingerprint density at radius 1 is 0.865 bits per heavy atom. The summed E-state index contributed by atoms with van der Waals surface area (Å²) >= 11 is 0. The largest absolute Gasteiger partial charge is 0.468 e. The number of carbonyl (C=O) groups excluding carboxylic acids is 2. The molecule has 2 bridgehead atoms. The number of hydrogen-bond acceptors (Lipinski definition) is 10. The minimum Gasteiger partial charge on any atom is -0.468 e. The average Bonchev–Trinajstić information content (AvgIpc) is 2.94. The van der Waals surface area contributed by atoms with Crippen molar-refractivity contribution in [3.05, 3.63) is 90.3 Å². The molecule has 3 aromatic rings. The zero-order valence-electron chi connectivity index (χ0n) is 20.7. The Morgan fingerprint density at radius 2 is 1.35 bits per heavy atom. The quantitative estimate of drug-likeness (QED) is 0.477. The molecule has 0 aliphatic carbocycles. The molecule has 2 saturated heterocycles. The van der Waals surface area contributed by atoms with Crippen LogP contribution in [0.25, 0.3) is 0 Å². The molecule has 5 heterocycles. The van der Waals surface area contributed by atoms with Crippen molar-refractivity contribution in [1.29, 1.82) is 0 Å². The standard InChI is InChI=1S/C27H29N5O5/c1-36-24(34)26-16-28-17-27(23(26)33,25(35)37-2)22(20-11-5-8-14-31-20)32(15-18-9-3-6-12-29-18)21(26)19-10-4-7-13-30-19/h3-14,21-23,28,33H,15-17H2,1-2H3. The maximum Gasteiger partial charge on any atom is 0.317 e. The van der Waals surface area contributed by atoms with E-state index in [9.17, 15) is 14.7 Å².